The van der Waals surface area contributed by atoms with Gasteiger partial charge in [0.2, 0.25) is 0 Å². The van der Waals surface area contributed by atoms with Crippen molar-refractivity contribution in [1.82, 2.24) is 14.5 Å². The Morgan fingerprint density at radius 3 is 2.67 bits per heavy atom. The third kappa shape index (κ3) is 2.14. The van der Waals surface area contributed by atoms with Crippen molar-refractivity contribution >= 4 is 17.3 Å². The average Bonchev–Trinajstić information content (AvgIpc) is 2.87. The van der Waals surface area contributed by atoms with Gasteiger partial charge in [0.05, 0.1) is 23.7 Å². The van der Waals surface area contributed by atoms with Crippen LogP contribution in [0.25, 0.3) is 16.7 Å². The van der Waals surface area contributed by atoms with Crippen LogP contribution in [0.2, 0.25) is 0 Å². The van der Waals surface area contributed by atoms with E-state index in [1.54, 1.807) is 24.8 Å². The minimum absolute atomic E-state index is 0.270. The van der Waals surface area contributed by atoms with E-state index in [2.05, 4.69) is 16.0 Å². The summed E-state index contributed by atoms with van der Waals surface area (Å²) in [6.07, 6.45) is 2.28. The summed E-state index contributed by atoms with van der Waals surface area (Å²) >= 11 is 0. The molecule has 0 N–H and O–H groups in total. The normalized spacial score (nSPS) is 10.6. The van der Waals surface area contributed by atoms with E-state index in [1.807, 2.05) is 26.0 Å². The van der Waals surface area contributed by atoms with Crippen LogP contribution in [-0.4, -0.2) is 27.9 Å². The SMILES string of the molecule is COc1ccc(C)c(-n2c(C=O)c(C#N)c3cnc(C)nc32)c1C. The molecule has 0 amide bonds. The van der Waals surface area contributed by atoms with Crippen LogP contribution in [0.5, 0.6) is 5.75 Å². The number of aryl methyl sites for hydroxylation is 2. The second-order valence-corrected chi connectivity index (χ2v) is 5.54. The Bertz CT molecular complexity index is 1010. The van der Waals surface area contributed by atoms with E-state index in [4.69, 9.17) is 4.74 Å². The zero-order chi connectivity index (χ0) is 17.4. The molecule has 0 saturated carbocycles. The van der Waals surface area contributed by atoms with Crippen molar-refractivity contribution in [2.24, 2.45) is 0 Å². The molecule has 0 aliphatic rings. The van der Waals surface area contributed by atoms with Crippen molar-refractivity contribution in [3.63, 3.8) is 0 Å². The van der Waals surface area contributed by atoms with E-state index in [0.29, 0.717) is 28.9 Å². The van der Waals surface area contributed by atoms with Gasteiger partial charge in [-0.05, 0) is 32.4 Å². The van der Waals surface area contributed by atoms with E-state index < -0.39 is 0 Å². The molecule has 0 fully saturated rings. The fourth-order valence-electron chi connectivity index (χ4n) is 3.01. The molecule has 120 valence electrons. The molecule has 2 aromatic heterocycles. The van der Waals surface area contributed by atoms with E-state index in [-0.39, 0.29) is 11.3 Å². The molecule has 0 aliphatic heterocycles. The Morgan fingerprint density at radius 2 is 2.04 bits per heavy atom. The number of hydrogen-bond donors (Lipinski definition) is 0. The molecule has 1 aromatic carbocycles. The summed E-state index contributed by atoms with van der Waals surface area (Å²) in [5.41, 5.74) is 3.71. The van der Waals surface area contributed by atoms with Gasteiger partial charge in [-0.1, -0.05) is 6.07 Å². The standard InChI is InChI=1S/C18H16N4O2/c1-10-5-6-16(24-4)11(2)17(10)22-15(9-23)13(7-19)14-8-20-12(3)21-18(14)22/h5-6,8-9H,1-4H3. The van der Waals surface area contributed by atoms with Crippen molar-refractivity contribution in [3.8, 4) is 17.5 Å². The van der Waals surface area contributed by atoms with Gasteiger partial charge in [-0.25, -0.2) is 9.97 Å². The number of nitriles is 1. The highest BCUT2D eigenvalue weighted by molar-refractivity contribution is 5.95. The monoisotopic (exact) mass is 320 g/mol. The molecular weight excluding hydrogens is 304 g/mol. The van der Waals surface area contributed by atoms with Crippen LogP contribution in [-0.2, 0) is 0 Å². The summed E-state index contributed by atoms with van der Waals surface area (Å²) in [5.74, 6) is 1.28. The number of rotatable bonds is 3. The lowest BCUT2D eigenvalue weighted by Gasteiger charge is -2.16. The third-order valence-corrected chi connectivity index (χ3v) is 4.12. The summed E-state index contributed by atoms with van der Waals surface area (Å²) in [5, 5.41) is 10.1. The molecule has 0 radical (unpaired) electrons. The number of methoxy groups -OCH3 is 1. The Kier molecular flexibility index (Phi) is 3.78. The lowest BCUT2D eigenvalue weighted by molar-refractivity contribution is 0.111. The summed E-state index contributed by atoms with van der Waals surface area (Å²) in [6, 6.07) is 5.90. The van der Waals surface area contributed by atoms with Crippen LogP contribution in [0.1, 0.15) is 33.0 Å². The van der Waals surface area contributed by atoms with Gasteiger partial charge in [0.25, 0.3) is 0 Å². The highest BCUT2D eigenvalue weighted by Crippen LogP contribution is 2.33. The number of hydrogen-bond acceptors (Lipinski definition) is 5. The molecular formula is C18H16N4O2. The minimum atomic E-state index is 0.270. The first-order chi connectivity index (χ1) is 11.5. The largest absolute Gasteiger partial charge is 0.496 e. The van der Waals surface area contributed by atoms with Gasteiger partial charge in [-0.2, -0.15) is 5.26 Å². The second-order valence-electron chi connectivity index (χ2n) is 5.54. The van der Waals surface area contributed by atoms with Gasteiger partial charge in [0.1, 0.15) is 29.0 Å². The maximum Gasteiger partial charge on any atom is 0.168 e. The summed E-state index contributed by atoms with van der Waals surface area (Å²) in [4.78, 5) is 20.4. The third-order valence-electron chi connectivity index (χ3n) is 4.12. The van der Waals surface area contributed by atoms with Gasteiger partial charge in [-0.15, -0.1) is 0 Å². The van der Waals surface area contributed by atoms with E-state index >= 15 is 0 Å². The summed E-state index contributed by atoms with van der Waals surface area (Å²) in [7, 11) is 1.60. The smallest absolute Gasteiger partial charge is 0.168 e. The number of aromatic nitrogens is 3. The molecule has 3 aromatic rings. The number of ether oxygens (including phenoxy) is 1. The molecule has 0 bridgehead atoms. The molecule has 0 spiro atoms. The molecule has 3 rings (SSSR count). The maximum atomic E-state index is 11.8. The van der Waals surface area contributed by atoms with Crippen molar-refractivity contribution in [3.05, 3.63) is 46.5 Å². The van der Waals surface area contributed by atoms with Crippen LogP contribution in [0.15, 0.2) is 18.3 Å². The number of aldehydes is 1. The minimum Gasteiger partial charge on any atom is -0.496 e. The quantitative estimate of drug-likeness (QED) is 0.693. The van der Waals surface area contributed by atoms with Crippen LogP contribution in [0.3, 0.4) is 0 Å². The van der Waals surface area contributed by atoms with Gasteiger partial charge in [-0.3, -0.25) is 9.36 Å². The van der Waals surface area contributed by atoms with Gasteiger partial charge in [0.15, 0.2) is 6.29 Å². The summed E-state index contributed by atoms with van der Waals surface area (Å²) < 4.78 is 7.13. The summed E-state index contributed by atoms with van der Waals surface area (Å²) in [6.45, 7) is 5.64. The number of nitrogens with zero attached hydrogens (tertiary/aromatic N) is 4. The zero-order valence-corrected chi connectivity index (χ0v) is 13.9. The number of benzene rings is 1. The highest BCUT2D eigenvalue weighted by Gasteiger charge is 2.22. The molecule has 0 aliphatic carbocycles. The predicted octanol–water partition coefficient (Wildman–Crippen LogP) is 3.04. The molecule has 0 saturated heterocycles. The van der Waals surface area contributed by atoms with Crippen LogP contribution < -0.4 is 4.74 Å². The van der Waals surface area contributed by atoms with Gasteiger partial charge < -0.3 is 4.74 Å². The van der Waals surface area contributed by atoms with E-state index in [9.17, 15) is 10.1 Å². The fourth-order valence-corrected chi connectivity index (χ4v) is 3.01. The van der Waals surface area contributed by atoms with Gasteiger partial charge in [0, 0.05) is 11.8 Å². The fraction of sp³-hybridized carbons (Fsp3) is 0.222. The number of carbonyl (C=O) groups is 1. The first kappa shape index (κ1) is 15.7. The average molecular weight is 320 g/mol. The second kappa shape index (κ2) is 5.78. The van der Waals surface area contributed by atoms with Crippen molar-refractivity contribution in [2.45, 2.75) is 20.8 Å². The Morgan fingerprint density at radius 1 is 1.29 bits per heavy atom. The molecule has 0 unspecified atom stereocenters. The topological polar surface area (TPSA) is 80.8 Å². The Balaban J connectivity index is 2.54. The zero-order valence-electron chi connectivity index (χ0n) is 13.9. The van der Waals surface area contributed by atoms with Crippen molar-refractivity contribution in [1.29, 1.82) is 5.26 Å². The van der Waals surface area contributed by atoms with Crippen LogP contribution >= 0.6 is 0 Å². The van der Waals surface area contributed by atoms with Crippen LogP contribution in [0, 0.1) is 32.1 Å². The lowest BCUT2D eigenvalue weighted by Crippen LogP contribution is -2.07. The highest BCUT2D eigenvalue weighted by atomic mass is 16.5. The van der Waals surface area contributed by atoms with Crippen LogP contribution in [0.4, 0.5) is 0 Å². The van der Waals surface area contributed by atoms with Crippen molar-refractivity contribution in [2.75, 3.05) is 7.11 Å². The predicted molar refractivity (Wildman–Crippen MR) is 89.7 cm³/mol. The van der Waals surface area contributed by atoms with Gasteiger partial charge >= 0.3 is 0 Å². The number of carbonyl (C=O) groups excluding carboxylic acids is 1. The first-order valence-electron chi connectivity index (χ1n) is 7.41. The Labute approximate surface area is 139 Å². The maximum absolute atomic E-state index is 11.8. The van der Waals surface area contributed by atoms with E-state index in [0.717, 1.165) is 16.8 Å². The van der Waals surface area contributed by atoms with E-state index in [1.165, 1.54) is 0 Å². The molecule has 6 nitrogen and oxygen atoms in total. The first-order valence-corrected chi connectivity index (χ1v) is 7.41. The molecule has 0 atom stereocenters. The Hall–Kier alpha value is -3.20. The molecule has 6 heteroatoms. The molecule has 2 heterocycles. The number of fused-ring (bicyclic) bond motifs is 1. The molecule has 24 heavy (non-hydrogen) atoms. The lowest BCUT2D eigenvalue weighted by atomic mass is 10.1. The van der Waals surface area contributed by atoms with Crippen molar-refractivity contribution < 1.29 is 9.53 Å².